The minimum Gasteiger partial charge on any atom is -0.497 e. The predicted molar refractivity (Wildman–Crippen MR) is 126 cm³/mol. The summed E-state index contributed by atoms with van der Waals surface area (Å²) in [7, 11) is 3.55. The van der Waals surface area contributed by atoms with E-state index < -0.39 is 0 Å². The number of carbonyl (C=O) groups is 1. The molecule has 0 spiro atoms. The van der Waals surface area contributed by atoms with E-state index in [-0.39, 0.29) is 5.91 Å². The SMILES string of the molecule is COc1ccc2[nH]c(C(=O)N(C)C[C@@H]3CCCN(CCc4ccc(Cl)cc4)C3)cc2c1. The Morgan fingerprint density at radius 3 is 2.81 bits per heavy atom. The van der Waals surface area contributed by atoms with Gasteiger partial charge in [0.15, 0.2) is 0 Å². The molecule has 0 unspecified atom stereocenters. The quantitative estimate of drug-likeness (QED) is 0.572. The number of aromatic amines is 1. The number of benzene rings is 2. The number of piperidine rings is 1. The Bertz CT molecular complexity index is 1030. The van der Waals surface area contributed by atoms with Crippen LogP contribution in [0.3, 0.4) is 0 Å². The molecule has 0 aliphatic carbocycles. The van der Waals surface area contributed by atoms with Crippen LogP contribution in [0.25, 0.3) is 10.9 Å². The van der Waals surface area contributed by atoms with Gasteiger partial charge in [0, 0.05) is 42.6 Å². The first-order valence-corrected chi connectivity index (χ1v) is 11.3. The lowest BCUT2D eigenvalue weighted by Crippen LogP contribution is -2.42. The van der Waals surface area contributed by atoms with Gasteiger partial charge in [-0.1, -0.05) is 23.7 Å². The summed E-state index contributed by atoms with van der Waals surface area (Å²) < 4.78 is 5.28. The molecule has 1 amide bonds. The minimum atomic E-state index is 0.0356. The number of fused-ring (bicyclic) bond motifs is 1. The standard InChI is InChI=1S/C25H30ClN3O2/c1-28(25(30)24-15-20-14-22(31-2)9-10-23(20)27-24)16-19-4-3-12-29(17-19)13-11-18-5-7-21(26)8-6-18/h5-10,14-15,19,27H,3-4,11-13,16-17H2,1-2H3/t19-/m0/s1. The maximum absolute atomic E-state index is 13.0. The number of likely N-dealkylation sites (tertiary alicyclic amines) is 1. The number of hydrogen-bond acceptors (Lipinski definition) is 3. The van der Waals surface area contributed by atoms with Crippen LogP contribution in [0, 0.1) is 5.92 Å². The van der Waals surface area contributed by atoms with Crippen molar-refractivity contribution in [3.05, 3.63) is 64.8 Å². The summed E-state index contributed by atoms with van der Waals surface area (Å²) in [5.41, 5.74) is 2.89. The number of hydrogen-bond donors (Lipinski definition) is 1. The molecule has 1 fully saturated rings. The number of rotatable bonds is 7. The normalized spacial score (nSPS) is 17.1. The monoisotopic (exact) mass is 439 g/mol. The first kappa shape index (κ1) is 21.7. The molecule has 0 radical (unpaired) electrons. The number of amides is 1. The van der Waals surface area contributed by atoms with Crippen LogP contribution in [0.1, 0.15) is 28.9 Å². The van der Waals surface area contributed by atoms with Crippen LogP contribution in [-0.4, -0.2) is 61.0 Å². The smallest absolute Gasteiger partial charge is 0.270 e. The van der Waals surface area contributed by atoms with E-state index in [0.717, 1.165) is 54.3 Å². The summed E-state index contributed by atoms with van der Waals surface area (Å²) in [6.45, 7) is 3.98. The number of ether oxygens (including phenoxy) is 1. The van der Waals surface area contributed by atoms with Crippen LogP contribution in [0.5, 0.6) is 5.75 Å². The lowest BCUT2D eigenvalue weighted by Gasteiger charge is -2.34. The molecule has 0 bridgehead atoms. The fraction of sp³-hybridized carbons (Fsp3) is 0.400. The van der Waals surface area contributed by atoms with Gasteiger partial charge in [0.1, 0.15) is 11.4 Å². The fourth-order valence-corrected chi connectivity index (χ4v) is 4.60. The van der Waals surface area contributed by atoms with Crippen LogP contribution in [0.15, 0.2) is 48.5 Å². The molecule has 1 atom stereocenters. The van der Waals surface area contributed by atoms with Crippen molar-refractivity contribution in [1.29, 1.82) is 0 Å². The average molecular weight is 440 g/mol. The van der Waals surface area contributed by atoms with Crippen molar-refractivity contribution < 1.29 is 9.53 Å². The first-order valence-electron chi connectivity index (χ1n) is 10.9. The Morgan fingerprint density at radius 1 is 1.23 bits per heavy atom. The van der Waals surface area contributed by atoms with Crippen molar-refractivity contribution in [1.82, 2.24) is 14.8 Å². The van der Waals surface area contributed by atoms with Crippen LogP contribution < -0.4 is 4.74 Å². The van der Waals surface area contributed by atoms with Gasteiger partial charge >= 0.3 is 0 Å². The van der Waals surface area contributed by atoms with Gasteiger partial charge in [-0.3, -0.25) is 4.79 Å². The van der Waals surface area contributed by atoms with Crippen molar-refractivity contribution >= 4 is 28.4 Å². The second-order valence-corrected chi connectivity index (χ2v) is 8.94. The molecule has 0 saturated carbocycles. The molecule has 2 aromatic carbocycles. The third kappa shape index (κ3) is 5.41. The fourth-order valence-electron chi connectivity index (χ4n) is 4.47. The van der Waals surface area contributed by atoms with E-state index in [1.54, 1.807) is 7.11 Å². The zero-order valence-corrected chi connectivity index (χ0v) is 19.0. The van der Waals surface area contributed by atoms with Crippen LogP contribution >= 0.6 is 11.6 Å². The summed E-state index contributed by atoms with van der Waals surface area (Å²) in [4.78, 5) is 20.6. The highest BCUT2D eigenvalue weighted by Crippen LogP contribution is 2.23. The summed E-state index contributed by atoms with van der Waals surface area (Å²) in [6, 6.07) is 15.8. The third-order valence-electron chi connectivity index (χ3n) is 6.17. The zero-order chi connectivity index (χ0) is 21.8. The Kier molecular flexibility index (Phi) is 6.83. The zero-order valence-electron chi connectivity index (χ0n) is 18.2. The summed E-state index contributed by atoms with van der Waals surface area (Å²) in [5, 5.41) is 1.77. The Morgan fingerprint density at radius 2 is 2.03 bits per heavy atom. The van der Waals surface area contributed by atoms with Crippen molar-refractivity contribution in [3.63, 3.8) is 0 Å². The Balaban J connectivity index is 1.32. The van der Waals surface area contributed by atoms with Gasteiger partial charge < -0.3 is 19.5 Å². The van der Waals surface area contributed by atoms with Crippen molar-refractivity contribution in [2.45, 2.75) is 19.3 Å². The average Bonchev–Trinajstić information content (AvgIpc) is 3.21. The van der Waals surface area contributed by atoms with Crippen molar-refractivity contribution in [2.24, 2.45) is 5.92 Å². The van der Waals surface area contributed by atoms with Gasteiger partial charge in [-0.25, -0.2) is 0 Å². The van der Waals surface area contributed by atoms with Gasteiger partial charge in [-0.05, 0) is 73.7 Å². The third-order valence-corrected chi connectivity index (χ3v) is 6.42. The van der Waals surface area contributed by atoms with E-state index >= 15 is 0 Å². The molecule has 6 heteroatoms. The Hall–Kier alpha value is -2.50. The van der Waals surface area contributed by atoms with Crippen LogP contribution in [0.4, 0.5) is 0 Å². The number of aromatic nitrogens is 1. The van der Waals surface area contributed by atoms with Crippen molar-refractivity contribution in [3.8, 4) is 5.75 Å². The molecule has 1 saturated heterocycles. The highest BCUT2D eigenvalue weighted by molar-refractivity contribution is 6.30. The lowest BCUT2D eigenvalue weighted by molar-refractivity contribution is 0.0725. The molecule has 3 aromatic rings. The maximum Gasteiger partial charge on any atom is 0.270 e. The molecule has 1 N–H and O–H groups in total. The van der Waals surface area contributed by atoms with Gasteiger partial charge in [0.25, 0.3) is 5.91 Å². The second-order valence-electron chi connectivity index (χ2n) is 8.51. The van der Waals surface area contributed by atoms with E-state index in [1.165, 1.54) is 18.4 Å². The summed E-state index contributed by atoms with van der Waals surface area (Å²) in [5.74, 6) is 1.32. The topological polar surface area (TPSA) is 48.6 Å². The highest BCUT2D eigenvalue weighted by atomic mass is 35.5. The second kappa shape index (κ2) is 9.75. The number of halogens is 1. The highest BCUT2D eigenvalue weighted by Gasteiger charge is 2.23. The van der Waals surface area contributed by atoms with Gasteiger partial charge in [-0.2, -0.15) is 0 Å². The molecule has 1 aliphatic heterocycles. The van der Waals surface area contributed by atoms with Gasteiger partial charge in [-0.15, -0.1) is 0 Å². The molecule has 1 aromatic heterocycles. The van der Waals surface area contributed by atoms with Crippen molar-refractivity contribution in [2.75, 3.05) is 40.3 Å². The van der Waals surface area contributed by atoms with Gasteiger partial charge in [0.05, 0.1) is 7.11 Å². The minimum absolute atomic E-state index is 0.0356. The largest absolute Gasteiger partial charge is 0.497 e. The van der Waals surface area contributed by atoms with E-state index in [0.29, 0.717) is 11.6 Å². The number of nitrogens with one attached hydrogen (secondary N) is 1. The molecule has 2 heterocycles. The van der Waals surface area contributed by atoms with E-state index in [9.17, 15) is 4.79 Å². The number of nitrogens with zero attached hydrogens (tertiary/aromatic N) is 2. The molecule has 1 aliphatic rings. The molecule has 31 heavy (non-hydrogen) atoms. The van der Waals surface area contributed by atoms with Crippen LogP contribution in [0.2, 0.25) is 5.02 Å². The maximum atomic E-state index is 13.0. The van der Waals surface area contributed by atoms with E-state index in [4.69, 9.17) is 16.3 Å². The molecule has 5 nitrogen and oxygen atoms in total. The number of methoxy groups -OCH3 is 1. The van der Waals surface area contributed by atoms with Gasteiger partial charge in [0.2, 0.25) is 0 Å². The number of carbonyl (C=O) groups excluding carboxylic acids is 1. The van der Waals surface area contributed by atoms with Crippen LogP contribution in [-0.2, 0) is 6.42 Å². The van der Waals surface area contributed by atoms with E-state index in [2.05, 4.69) is 22.0 Å². The summed E-state index contributed by atoms with van der Waals surface area (Å²) >= 11 is 5.98. The summed E-state index contributed by atoms with van der Waals surface area (Å²) in [6.07, 6.45) is 3.37. The molecule has 164 valence electrons. The predicted octanol–water partition coefficient (Wildman–Crippen LogP) is 4.86. The molecule has 4 rings (SSSR count). The number of H-pyrrole nitrogens is 1. The lowest BCUT2D eigenvalue weighted by atomic mass is 9.97. The molecular formula is C25H30ClN3O2. The molecular weight excluding hydrogens is 410 g/mol. The Labute approximate surface area is 188 Å². The first-order chi connectivity index (χ1) is 15.0. The van der Waals surface area contributed by atoms with E-state index in [1.807, 2.05) is 48.3 Å².